The van der Waals surface area contributed by atoms with Gasteiger partial charge >= 0.3 is 0 Å². The highest BCUT2D eigenvalue weighted by atomic mass is 35.5. The number of nitrogens with zero attached hydrogens (tertiary/aromatic N) is 4. The number of benzene rings is 2. The first-order valence-electron chi connectivity index (χ1n) is 7.82. The zero-order chi connectivity index (χ0) is 19.0. The highest BCUT2D eigenvalue weighted by molar-refractivity contribution is 6.36. The molecule has 0 aliphatic rings. The van der Waals surface area contributed by atoms with Crippen molar-refractivity contribution in [3.63, 3.8) is 0 Å². The van der Waals surface area contributed by atoms with E-state index in [2.05, 4.69) is 15.5 Å². The maximum absolute atomic E-state index is 12.7. The van der Waals surface area contributed by atoms with Gasteiger partial charge in [-0.15, -0.1) is 0 Å². The van der Waals surface area contributed by atoms with Gasteiger partial charge in [-0.05, 0) is 30.3 Å². The van der Waals surface area contributed by atoms with E-state index in [-0.39, 0.29) is 16.0 Å². The molecule has 134 valence electrons. The first-order valence-corrected chi connectivity index (χ1v) is 8.57. The van der Waals surface area contributed by atoms with Gasteiger partial charge in [0, 0.05) is 5.02 Å². The van der Waals surface area contributed by atoms with Crippen LogP contribution < -0.4 is 11.0 Å². The normalized spacial score (nSPS) is 10.9. The minimum Gasteiger partial charge on any atom is -0.267 e. The van der Waals surface area contributed by atoms with Crippen molar-refractivity contribution in [1.82, 2.24) is 19.4 Å². The number of carbonyl (C=O) groups is 1. The molecule has 0 aliphatic heterocycles. The summed E-state index contributed by atoms with van der Waals surface area (Å²) in [6.07, 6.45) is 2.63. The molecule has 9 heteroatoms. The van der Waals surface area contributed by atoms with E-state index in [1.54, 1.807) is 10.7 Å². The number of hydrogen-bond acceptors (Lipinski definition) is 4. The largest absolute Gasteiger partial charge is 0.283 e. The Morgan fingerprint density at radius 3 is 2.63 bits per heavy atom. The number of nitrogens with one attached hydrogen (secondary N) is 1. The van der Waals surface area contributed by atoms with Gasteiger partial charge in [0.2, 0.25) is 0 Å². The van der Waals surface area contributed by atoms with Gasteiger partial charge in [0.25, 0.3) is 11.5 Å². The van der Waals surface area contributed by atoms with Gasteiger partial charge in [-0.25, -0.2) is 14.3 Å². The molecule has 0 unspecified atom stereocenters. The van der Waals surface area contributed by atoms with Gasteiger partial charge in [0.1, 0.15) is 11.7 Å². The Hall–Kier alpha value is -3.16. The Labute approximate surface area is 162 Å². The van der Waals surface area contributed by atoms with Crippen LogP contribution in [0.1, 0.15) is 10.4 Å². The lowest BCUT2D eigenvalue weighted by molar-refractivity contribution is 0.101. The molecule has 4 aromatic rings. The minimum atomic E-state index is -0.582. The monoisotopic (exact) mass is 399 g/mol. The second-order valence-corrected chi connectivity index (χ2v) is 6.46. The lowest BCUT2D eigenvalue weighted by atomic mass is 10.2. The first kappa shape index (κ1) is 17.3. The topological polar surface area (TPSA) is 81.8 Å². The average molecular weight is 400 g/mol. The molecule has 2 aromatic heterocycles. The van der Waals surface area contributed by atoms with Crippen LogP contribution in [0.15, 0.2) is 65.8 Å². The summed E-state index contributed by atoms with van der Waals surface area (Å²) in [4.78, 5) is 29.4. The third-order valence-corrected chi connectivity index (χ3v) is 4.45. The molecular weight excluding hydrogens is 389 g/mol. The molecular formula is C18H11Cl2N5O2. The molecule has 0 fully saturated rings. The van der Waals surface area contributed by atoms with Gasteiger partial charge in [-0.2, -0.15) is 5.10 Å². The molecule has 0 bridgehead atoms. The predicted molar refractivity (Wildman–Crippen MR) is 103 cm³/mol. The molecule has 2 heterocycles. The van der Waals surface area contributed by atoms with E-state index in [0.717, 1.165) is 10.4 Å². The molecule has 0 radical (unpaired) electrons. The van der Waals surface area contributed by atoms with E-state index >= 15 is 0 Å². The molecule has 1 N–H and O–H groups in total. The predicted octanol–water partition coefficient (Wildman–Crippen LogP) is 3.27. The van der Waals surface area contributed by atoms with Crippen LogP contribution in [0.5, 0.6) is 0 Å². The Morgan fingerprint density at radius 2 is 1.85 bits per heavy atom. The van der Waals surface area contributed by atoms with Crippen LogP contribution in [0.25, 0.3) is 16.7 Å². The van der Waals surface area contributed by atoms with Crippen LogP contribution in [0.2, 0.25) is 10.0 Å². The highest BCUT2D eigenvalue weighted by Crippen LogP contribution is 2.20. The van der Waals surface area contributed by atoms with Crippen molar-refractivity contribution in [2.75, 3.05) is 5.43 Å². The lowest BCUT2D eigenvalue weighted by Crippen LogP contribution is -2.33. The maximum atomic E-state index is 12.7. The van der Waals surface area contributed by atoms with Crippen molar-refractivity contribution in [3.8, 4) is 5.69 Å². The molecule has 4 rings (SSSR count). The molecule has 0 saturated heterocycles. The van der Waals surface area contributed by atoms with Crippen molar-refractivity contribution in [3.05, 3.63) is 87.0 Å². The highest BCUT2D eigenvalue weighted by Gasteiger charge is 2.15. The van der Waals surface area contributed by atoms with Gasteiger partial charge < -0.3 is 0 Å². The molecule has 0 spiro atoms. The third kappa shape index (κ3) is 3.18. The number of hydrogen-bond donors (Lipinski definition) is 1. The summed E-state index contributed by atoms with van der Waals surface area (Å²) >= 11 is 11.9. The van der Waals surface area contributed by atoms with Gasteiger partial charge in [-0.1, -0.05) is 41.4 Å². The van der Waals surface area contributed by atoms with Crippen molar-refractivity contribution < 1.29 is 4.79 Å². The minimum absolute atomic E-state index is 0.149. The molecule has 27 heavy (non-hydrogen) atoms. The number of amides is 1. The second kappa shape index (κ2) is 6.86. The Bertz CT molecular complexity index is 1220. The fourth-order valence-electron chi connectivity index (χ4n) is 2.59. The van der Waals surface area contributed by atoms with E-state index in [9.17, 15) is 9.59 Å². The molecule has 0 atom stereocenters. The van der Waals surface area contributed by atoms with E-state index < -0.39 is 11.5 Å². The van der Waals surface area contributed by atoms with Crippen LogP contribution in [0.3, 0.4) is 0 Å². The van der Waals surface area contributed by atoms with E-state index in [0.29, 0.717) is 10.7 Å². The van der Waals surface area contributed by atoms with Crippen molar-refractivity contribution >= 4 is 40.1 Å². The van der Waals surface area contributed by atoms with E-state index in [4.69, 9.17) is 23.2 Å². The Morgan fingerprint density at radius 1 is 1.07 bits per heavy atom. The SMILES string of the molecule is O=C(Nn1cnc2c(cnn2-c2ccccc2)c1=O)c1cc(Cl)ccc1Cl. The van der Waals surface area contributed by atoms with Crippen LogP contribution in [-0.4, -0.2) is 25.3 Å². The van der Waals surface area contributed by atoms with Crippen LogP contribution in [0.4, 0.5) is 0 Å². The molecule has 1 amide bonds. The van der Waals surface area contributed by atoms with Crippen molar-refractivity contribution in [2.45, 2.75) is 0 Å². The van der Waals surface area contributed by atoms with Crippen LogP contribution in [0, 0.1) is 0 Å². The fraction of sp³-hybridized carbons (Fsp3) is 0. The number of aromatic nitrogens is 4. The maximum Gasteiger partial charge on any atom is 0.283 e. The molecule has 0 aliphatic carbocycles. The smallest absolute Gasteiger partial charge is 0.267 e. The zero-order valence-corrected chi connectivity index (χ0v) is 15.1. The molecule has 2 aromatic carbocycles. The summed E-state index contributed by atoms with van der Waals surface area (Å²) in [5, 5.41) is 5.06. The summed E-state index contributed by atoms with van der Waals surface area (Å²) in [5.41, 5.74) is 3.30. The first-order chi connectivity index (χ1) is 13.0. The second-order valence-electron chi connectivity index (χ2n) is 5.61. The quantitative estimate of drug-likeness (QED) is 0.572. The number of fused-ring (bicyclic) bond motifs is 1. The van der Waals surface area contributed by atoms with Gasteiger partial charge in [-0.3, -0.25) is 15.0 Å². The Balaban J connectivity index is 1.72. The van der Waals surface area contributed by atoms with E-state index in [1.165, 1.54) is 24.7 Å². The van der Waals surface area contributed by atoms with E-state index in [1.807, 2.05) is 30.3 Å². The van der Waals surface area contributed by atoms with Crippen LogP contribution in [-0.2, 0) is 0 Å². The van der Waals surface area contributed by atoms with Crippen molar-refractivity contribution in [2.24, 2.45) is 0 Å². The number of para-hydroxylation sites is 1. The van der Waals surface area contributed by atoms with Gasteiger partial charge in [0.05, 0.1) is 22.5 Å². The standard InChI is InChI=1S/C18H11Cl2N5O2/c19-11-6-7-15(20)13(8-11)17(26)23-24-10-21-16-14(18(24)27)9-22-25(16)12-4-2-1-3-5-12/h1-10H,(H,23,26). The molecule has 7 nitrogen and oxygen atoms in total. The summed E-state index contributed by atoms with van der Waals surface area (Å²) in [7, 11) is 0. The number of carbonyl (C=O) groups excluding carboxylic acids is 1. The van der Waals surface area contributed by atoms with Crippen LogP contribution >= 0.6 is 23.2 Å². The fourth-order valence-corrected chi connectivity index (χ4v) is 2.97. The summed E-state index contributed by atoms with van der Waals surface area (Å²) in [6, 6.07) is 13.8. The summed E-state index contributed by atoms with van der Waals surface area (Å²) < 4.78 is 2.54. The average Bonchev–Trinajstić information content (AvgIpc) is 3.11. The number of halogens is 2. The lowest BCUT2D eigenvalue weighted by Gasteiger charge is -2.09. The van der Waals surface area contributed by atoms with Crippen molar-refractivity contribution in [1.29, 1.82) is 0 Å². The Kier molecular flexibility index (Phi) is 4.39. The summed E-state index contributed by atoms with van der Waals surface area (Å²) in [6.45, 7) is 0. The van der Waals surface area contributed by atoms with Gasteiger partial charge in [0.15, 0.2) is 5.65 Å². The molecule has 0 saturated carbocycles. The summed E-state index contributed by atoms with van der Waals surface area (Å²) in [5.74, 6) is -0.582. The zero-order valence-electron chi connectivity index (χ0n) is 13.6. The third-order valence-electron chi connectivity index (χ3n) is 3.88. The number of rotatable bonds is 3.